The fourth-order valence-electron chi connectivity index (χ4n) is 0. The summed E-state index contributed by atoms with van der Waals surface area (Å²) in [6.07, 6.45) is 0. The molecular weight excluding hydrogens is 370 g/mol. The zero-order valence-electron chi connectivity index (χ0n) is 7.89. The molecule has 2 radical (unpaired) electrons. The van der Waals surface area contributed by atoms with Crippen molar-refractivity contribution in [1.29, 1.82) is 0 Å². The largest absolute Gasteiger partial charge is 3.00 e. The summed E-state index contributed by atoms with van der Waals surface area (Å²) in [6.45, 7) is 0. The molecule has 15 heavy (non-hydrogen) atoms. The van der Waals surface area contributed by atoms with Crippen LogP contribution in [0.2, 0.25) is 0 Å². The second-order valence-electron chi connectivity index (χ2n) is 0.894. The Morgan fingerprint density at radius 3 is 0.600 bits per heavy atom. The minimum Gasteiger partial charge on any atom is -0.822 e. The molecule has 0 aliphatic heterocycles. The molecule has 8 nitrogen and oxygen atoms in total. The van der Waals surface area contributed by atoms with Crippen LogP contribution in [0.4, 0.5) is 0 Å². The van der Waals surface area contributed by atoms with Crippen molar-refractivity contribution in [2.45, 2.75) is 0 Å². The van der Waals surface area contributed by atoms with Gasteiger partial charge < -0.3 is 38.5 Å². The van der Waals surface area contributed by atoms with Gasteiger partial charge in [-0.15, -0.1) is 0 Å². The summed E-state index contributed by atoms with van der Waals surface area (Å²) in [5, 5.41) is 0. The number of phosphoric acid groups is 2. The molecule has 0 saturated heterocycles. The number of hydrogen-bond acceptors (Lipinski definition) is 8. The van der Waals surface area contributed by atoms with Crippen LogP contribution in [0.25, 0.3) is 0 Å². The van der Waals surface area contributed by atoms with Crippen LogP contribution in [0.3, 0.4) is 0 Å². The molecule has 0 fully saturated rings. The van der Waals surface area contributed by atoms with E-state index < -0.39 is 15.6 Å². The first kappa shape index (κ1) is 42.7. The van der Waals surface area contributed by atoms with Gasteiger partial charge in [0.2, 0.25) is 0 Å². The molecular formula is FeMnNa3O8P2. The Labute approximate surface area is 174 Å². The molecule has 76 valence electrons. The summed E-state index contributed by atoms with van der Waals surface area (Å²) in [5.41, 5.74) is 0. The van der Waals surface area contributed by atoms with Gasteiger partial charge in [0, 0.05) is 17.1 Å². The van der Waals surface area contributed by atoms with Gasteiger partial charge in [-0.25, -0.2) is 0 Å². The summed E-state index contributed by atoms with van der Waals surface area (Å²) in [5.74, 6) is 0. The smallest absolute Gasteiger partial charge is 0.822 e. The van der Waals surface area contributed by atoms with Crippen molar-refractivity contribution in [3.05, 3.63) is 0 Å². The molecule has 0 saturated carbocycles. The van der Waals surface area contributed by atoms with E-state index in [4.69, 9.17) is 38.5 Å². The van der Waals surface area contributed by atoms with Crippen molar-refractivity contribution in [3.63, 3.8) is 0 Å². The second kappa shape index (κ2) is 20.6. The van der Waals surface area contributed by atoms with Crippen LogP contribution in [0, 0.1) is 0 Å². The summed E-state index contributed by atoms with van der Waals surface area (Å²) in [6, 6.07) is 0. The molecule has 0 aliphatic carbocycles. The maximum atomic E-state index is 8.55. The van der Waals surface area contributed by atoms with E-state index in [0.717, 1.165) is 0 Å². The van der Waals surface area contributed by atoms with E-state index in [1.165, 1.54) is 0 Å². The van der Waals surface area contributed by atoms with Crippen molar-refractivity contribution < 1.29 is 161 Å². The maximum Gasteiger partial charge on any atom is 3.00 e. The van der Waals surface area contributed by atoms with E-state index in [1.54, 1.807) is 0 Å². The van der Waals surface area contributed by atoms with Gasteiger partial charge in [0.05, 0.1) is 0 Å². The molecule has 0 rings (SSSR count). The van der Waals surface area contributed by atoms with Gasteiger partial charge in [-0.1, -0.05) is 0 Å². The van der Waals surface area contributed by atoms with Gasteiger partial charge >= 0.3 is 106 Å². The molecule has 0 aromatic rings. The van der Waals surface area contributed by atoms with Crippen LogP contribution < -0.4 is 118 Å². The molecule has 0 unspecified atom stereocenters. The first-order chi connectivity index (χ1) is 4.00. The SMILES string of the molecule is O=P([O-])([O-])[O-].O=P([O-])([O-])[O-].[Fe+3].[Mn].[Na+].[Na+].[Na+]. The predicted octanol–water partition coefficient (Wildman–Crippen LogP) is -14.6. The number of hydrogen-bond donors (Lipinski definition) is 0. The molecule has 0 spiro atoms. The fraction of sp³-hybridized carbons (Fsp3) is 0. The Kier molecular flexibility index (Phi) is 58.6. The molecule has 0 aromatic carbocycles. The van der Waals surface area contributed by atoms with Crippen LogP contribution in [0.15, 0.2) is 0 Å². The Morgan fingerprint density at radius 1 is 0.600 bits per heavy atom. The van der Waals surface area contributed by atoms with E-state index in [-0.39, 0.29) is 123 Å². The average molecular weight is 370 g/mol. The minimum absolute atomic E-state index is 0. The molecule has 0 aromatic heterocycles. The van der Waals surface area contributed by atoms with Gasteiger partial charge in [-0.05, 0) is 0 Å². The normalized spacial score (nSPS) is 7.87. The van der Waals surface area contributed by atoms with Crippen molar-refractivity contribution in [2.24, 2.45) is 0 Å². The molecule has 15 heteroatoms. The van der Waals surface area contributed by atoms with E-state index in [2.05, 4.69) is 0 Å². The summed E-state index contributed by atoms with van der Waals surface area (Å²) >= 11 is 0. The van der Waals surface area contributed by atoms with Crippen molar-refractivity contribution >= 4 is 15.6 Å². The average Bonchev–Trinajstić information content (AvgIpc) is 1.12. The van der Waals surface area contributed by atoms with Gasteiger partial charge in [-0.2, -0.15) is 15.6 Å². The number of rotatable bonds is 0. The van der Waals surface area contributed by atoms with Gasteiger partial charge in [-0.3, -0.25) is 0 Å². The van der Waals surface area contributed by atoms with Crippen LogP contribution in [-0.4, -0.2) is 0 Å². The third kappa shape index (κ3) is 266. The van der Waals surface area contributed by atoms with E-state index in [9.17, 15) is 0 Å². The van der Waals surface area contributed by atoms with Crippen molar-refractivity contribution in [2.75, 3.05) is 0 Å². The van der Waals surface area contributed by atoms with E-state index in [0.29, 0.717) is 0 Å². The standard InChI is InChI=1S/Fe.Mn.3Na.2H3O4P/c;;;;;2*1-5(2,3)4/h;;;;;2*(H3,1,2,3,4)/q+3;;3*+1;;/p-6. The Morgan fingerprint density at radius 2 is 0.600 bits per heavy atom. The van der Waals surface area contributed by atoms with Crippen LogP contribution in [0.1, 0.15) is 0 Å². The fourth-order valence-corrected chi connectivity index (χ4v) is 0. The molecule has 0 N–H and O–H groups in total. The zero-order chi connectivity index (χ0) is 9.00. The molecule has 0 aliphatic rings. The third-order valence-electron chi connectivity index (χ3n) is 0. The minimum atomic E-state index is -5.39. The second-order valence-corrected chi connectivity index (χ2v) is 2.68. The molecule has 0 amide bonds. The first-order valence-electron chi connectivity index (χ1n) is 1.46. The third-order valence-corrected chi connectivity index (χ3v) is 0. The van der Waals surface area contributed by atoms with Crippen LogP contribution >= 0.6 is 15.6 Å². The Bertz CT molecular complexity index is 140. The first-order valence-corrected chi connectivity index (χ1v) is 4.38. The monoisotopic (exact) mass is 370 g/mol. The molecule has 0 heterocycles. The van der Waals surface area contributed by atoms with Crippen LogP contribution in [-0.2, 0) is 43.3 Å². The predicted molar refractivity (Wildman–Crippen MR) is 15.2 cm³/mol. The quantitative estimate of drug-likeness (QED) is 0.299. The van der Waals surface area contributed by atoms with Crippen molar-refractivity contribution in [1.82, 2.24) is 0 Å². The van der Waals surface area contributed by atoms with E-state index in [1.807, 2.05) is 0 Å². The Balaban J connectivity index is -0.0000000128. The van der Waals surface area contributed by atoms with Gasteiger partial charge in [0.15, 0.2) is 0 Å². The van der Waals surface area contributed by atoms with Gasteiger partial charge in [0.1, 0.15) is 0 Å². The Hall–Kier alpha value is 4.26. The van der Waals surface area contributed by atoms with Crippen LogP contribution in [0.5, 0.6) is 0 Å². The van der Waals surface area contributed by atoms with Crippen molar-refractivity contribution in [3.8, 4) is 0 Å². The van der Waals surface area contributed by atoms with E-state index >= 15 is 0 Å². The topological polar surface area (TPSA) is 172 Å². The summed E-state index contributed by atoms with van der Waals surface area (Å²) < 4.78 is 17.1. The molecule has 0 atom stereocenters. The molecule has 0 bridgehead atoms. The summed E-state index contributed by atoms with van der Waals surface area (Å²) in [7, 11) is -10.8. The maximum absolute atomic E-state index is 8.55. The zero-order valence-corrected chi connectivity index (χ0v) is 18.0. The van der Waals surface area contributed by atoms with Gasteiger partial charge in [0.25, 0.3) is 0 Å². The summed E-state index contributed by atoms with van der Waals surface area (Å²) in [4.78, 5) is 51.3.